The van der Waals surface area contributed by atoms with Crippen LogP contribution < -0.4 is 19.7 Å². The molecular weight excluding hydrogens is 944 g/mol. The number of H-pyrrole nitrogens is 1. The molecule has 2 fully saturated rings. The number of piperazine rings is 1. The third kappa shape index (κ3) is 10.7. The number of halogens is 3. The van der Waals surface area contributed by atoms with E-state index in [4.69, 9.17) is 4.74 Å². The van der Waals surface area contributed by atoms with Crippen LogP contribution in [0.4, 0.5) is 30.2 Å². The predicted molar refractivity (Wildman–Crippen MR) is 264 cm³/mol. The summed E-state index contributed by atoms with van der Waals surface area (Å²) in [6.07, 6.45) is 8.53. The molecule has 19 heteroatoms. The molecule has 0 unspecified atom stereocenters. The number of benzene rings is 3. The van der Waals surface area contributed by atoms with Gasteiger partial charge in [0.05, 0.1) is 32.7 Å². The highest BCUT2D eigenvalue weighted by molar-refractivity contribution is 7.90. The summed E-state index contributed by atoms with van der Waals surface area (Å²) in [7, 11) is -4.63. The van der Waals surface area contributed by atoms with Crippen molar-refractivity contribution in [1.29, 1.82) is 0 Å². The number of hydrogen-bond donors (Lipinski definition) is 4. The molecule has 1 saturated carbocycles. The number of pyridine rings is 1. The summed E-state index contributed by atoms with van der Waals surface area (Å²) in [5.41, 5.74) is 2.54. The third-order valence-corrected chi connectivity index (χ3v) is 16.2. The van der Waals surface area contributed by atoms with E-state index in [1.54, 1.807) is 42.8 Å². The van der Waals surface area contributed by atoms with Crippen LogP contribution in [0, 0.1) is 38.9 Å². The molecule has 1 amide bonds. The highest BCUT2D eigenvalue weighted by Crippen LogP contribution is 2.46. The Morgan fingerprint density at radius 2 is 1.74 bits per heavy atom. The molecule has 0 bridgehead atoms. The lowest BCUT2D eigenvalue weighted by Gasteiger charge is -2.39. The number of carbonyl (C=O) groups excluding carboxylic acids is 1. The number of carbonyl (C=O) groups is 1. The zero-order valence-corrected chi connectivity index (χ0v) is 40.6. The maximum absolute atomic E-state index is 14.8. The quantitative estimate of drug-likeness (QED) is 0.0463. The number of sulfonamides is 1. The lowest BCUT2D eigenvalue weighted by molar-refractivity contribution is -0.384. The summed E-state index contributed by atoms with van der Waals surface area (Å²) in [4.78, 5) is 37.9. The van der Waals surface area contributed by atoms with Crippen molar-refractivity contribution in [1.82, 2.24) is 19.6 Å². The lowest BCUT2D eigenvalue weighted by atomic mass is 9.73. The Balaban J connectivity index is 0.920. The number of nitrogens with one attached hydrogen (secondary N) is 3. The van der Waals surface area contributed by atoms with Gasteiger partial charge in [-0.15, -0.1) is 11.3 Å². The molecule has 3 aliphatic rings. The van der Waals surface area contributed by atoms with Gasteiger partial charge in [-0.25, -0.2) is 31.3 Å². The number of nitrogens with zero attached hydrogens (tertiary/aromatic N) is 4. The van der Waals surface area contributed by atoms with Gasteiger partial charge in [0.15, 0.2) is 11.6 Å². The number of aliphatic hydroxyl groups is 1. The fraction of sp³-hybridized carbons (Fsp3) is 0.373. The number of rotatable bonds is 14. The Bertz CT molecular complexity index is 3120. The Kier molecular flexibility index (Phi) is 13.6. The fourth-order valence-electron chi connectivity index (χ4n) is 9.67. The van der Waals surface area contributed by atoms with Crippen molar-refractivity contribution in [3.63, 3.8) is 0 Å². The molecule has 1 aliphatic heterocycles. The van der Waals surface area contributed by atoms with Gasteiger partial charge < -0.3 is 25.0 Å². The van der Waals surface area contributed by atoms with E-state index >= 15 is 0 Å². The molecule has 4 N–H and O–H groups in total. The van der Waals surface area contributed by atoms with E-state index in [9.17, 15) is 41.6 Å². The first-order valence-corrected chi connectivity index (χ1v) is 25.7. The SMILES string of the molecule is CC1(C)CCC(CN2CCN(c3ccc(C(=O)NS(=O)(=O)c4ccc(NC[C@H]5CC[C@](C)(O)CC5)c([N+](=O)[O-])c4)c(Oc4cnc5[nH]ccc5c4)c3)CC2)=C(c2cc(-c3c(F)ccc(F)c3F)cs2)C1. The van der Waals surface area contributed by atoms with Crippen LogP contribution in [0.1, 0.15) is 81.0 Å². The molecule has 4 heterocycles. The van der Waals surface area contributed by atoms with Gasteiger partial charge in [0.1, 0.15) is 28.7 Å². The summed E-state index contributed by atoms with van der Waals surface area (Å²) in [6.45, 7) is 9.91. The molecule has 0 radical (unpaired) electrons. The van der Waals surface area contributed by atoms with Gasteiger partial charge in [0.2, 0.25) is 0 Å². The van der Waals surface area contributed by atoms with E-state index in [0.29, 0.717) is 69.1 Å². The summed E-state index contributed by atoms with van der Waals surface area (Å²) in [6, 6.07) is 15.4. The summed E-state index contributed by atoms with van der Waals surface area (Å²) < 4.78 is 79.7. The highest BCUT2D eigenvalue weighted by atomic mass is 32.2. The molecule has 0 atom stereocenters. The van der Waals surface area contributed by atoms with Crippen molar-refractivity contribution in [3.8, 4) is 22.6 Å². The average molecular weight is 998 g/mol. The number of nitro benzene ring substituents is 1. The number of anilines is 2. The largest absolute Gasteiger partial charge is 0.455 e. The van der Waals surface area contributed by atoms with E-state index in [1.807, 2.05) is 6.07 Å². The van der Waals surface area contributed by atoms with E-state index in [0.717, 1.165) is 71.8 Å². The van der Waals surface area contributed by atoms with Gasteiger partial charge in [0.25, 0.3) is 21.6 Å². The lowest BCUT2D eigenvalue weighted by Crippen LogP contribution is -2.47. The molecule has 9 rings (SSSR count). The maximum atomic E-state index is 14.8. The number of aromatic amines is 1. The van der Waals surface area contributed by atoms with Crippen molar-refractivity contribution in [2.75, 3.05) is 49.5 Å². The van der Waals surface area contributed by atoms with Crippen molar-refractivity contribution in [3.05, 3.63) is 128 Å². The summed E-state index contributed by atoms with van der Waals surface area (Å²) in [5.74, 6) is -3.60. The van der Waals surface area contributed by atoms with Crippen LogP contribution in [-0.4, -0.2) is 84.1 Å². The second-order valence-corrected chi connectivity index (χ2v) is 22.3. The van der Waals surface area contributed by atoms with Crippen molar-refractivity contribution in [2.24, 2.45) is 11.3 Å². The average Bonchev–Trinajstić information content (AvgIpc) is 4.01. The highest BCUT2D eigenvalue weighted by Gasteiger charge is 2.33. The van der Waals surface area contributed by atoms with Crippen LogP contribution in [0.2, 0.25) is 0 Å². The Morgan fingerprint density at radius 1 is 0.986 bits per heavy atom. The minimum absolute atomic E-state index is 0.0117. The molecule has 368 valence electrons. The number of allylic oxidation sites excluding steroid dienone is 1. The van der Waals surface area contributed by atoms with Crippen molar-refractivity contribution in [2.45, 2.75) is 76.2 Å². The Hall–Kier alpha value is -6.28. The number of ether oxygens (including phenoxy) is 1. The molecule has 14 nitrogen and oxygen atoms in total. The second kappa shape index (κ2) is 19.5. The second-order valence-electron chi connectivity index (χ2n) is 19.7. The smallest absolute Gasteiger partial charge is 0.293 e. The minimum Gasteiger partial charge on any atom is -0.455 e. The van der Waals surface area contributed by atoms with Gasteiger partial charge in [-0.3, -0.25) is 19.8 Å². The third-order valence-electron chi connectivity index (χ3n) is 13.8. The van der Waals surface area contributed by atoms with E-state index < -0.39 is 54.5 Å². The first-order chi connectivity index (χ1) is 33.3. The molecule has 70 heavy (non-hydrogen) atoms. The van der Waals surface area contributed by atoms with Gasteiger partial charge in [0, 0.05) is 73.5 Å². The minimum atomic E-state index is -4.63. The topological polar surface area (TPSA) is 183 Å². The molecule has 3 aromatic heterocycles. The Labute approximate surface area is 407 Å². The van der Waals surface area contributed by atoms with Gasteiger partial charge >= 0.3 is 0 Å². The summed E-state index contributed by atoms with van der Waals surface area (Å²) >= 11 is 1.40. The first-order valence-electron chi connectivity index (χ1n) is 23.3. The van der Waals surface area contributed by atoms with Gasteiger partial charge in [-0.1, -0.05) is 19.4 Å². The van der Waals surface area contributed by atoms with E-state index in [1.165, 1.54) is 41.3 Å². The number of nitro groups is 1. The first kappa shape index (κ1) is 48.7. The number of thiophene rings is 1. The fourth-order valence-corrected chi connectivity index (χ4v) is 11.7. The van der Waals surface area contributed by atoms with Gasteiger partial charge in [-0.05, 0) is 134 Å². The number of hydrogen-bond acceptors (Lipinski definition) is 12. The van der Waals surface area contributed by atoms with Crippen LogP contribution in [0.3, 0.4) is 0 Å². The molecule has 2 aliphatic carbocycles. The molecule has 1 saturated heterocycles. The molecule has 6 aromatic rings. The van der Waals surface area contributed by atoms with E-state index in [2.05, 4.69) is 43.7 Å². The zero-order valence-electron chi connectivity index (χ0n) is 39.0. The van der Waals surface area contributed by atoms with Crippen LogP contribution in [0.15, 0.2) is 95.0 Å². The number of aromatic nitrogens is 2. The summed E-state index contributed by atoms with van der Waals surface area (Å²) in [5, 5.41) is 28.0. The number of fused-ring (bicyclic) bond motifs is 1. The normalized spacial score (nSPS) is 19.9. The standard InChI is InChI=1S/C51H54F3N7O7S2/c1-50(2)14-12-33(39(26-50)45-23-34(30-69-45)46-40(52)7-8-41(53)47(46)54)29-59-18-20-60(21-19-59)35-4-6-38(44(24-35)68-36-22-32-13-17-55-48(32)57-28-36)49(62)58-70(66,67)37-5-9-42(43(25-37)61(64)65)56-27-31-10-15-51(3,63)16-11-31/h4-9,13,17,22-25,28,30-31,56,63H,10-12,14-16,18-21,26-27,29H2,1-3H3,(H,55,57)(H,58,62)/t31-,51-. The monoisotopic (exact) mass is 997 g/mol. The van der Waals surface area contributed by atoms with Crippen LogP contribution >= 0.6 is 11.3 Å². The van der Waals surface area contributed by atoms with Crippen LogP contribution in [0.5, 0.6) is 11.5 Å². The molecule has 3 aromatic carbocycles. The zero-order chi connectivity index (χ0) is 49.5. The maximum Gasteiger partial charge on any atom is 0.293 e. The van der Waals surface area contributed by atoms with Crippen molar-refractivity contribution >= 4 is 60.9 Å². The predicted octanol–water partition coefficient (Wildman–Crippen LogP) is 10.7. The van der Waals surface area contributed by atoms with Crippen molar-refractivity contribution < 1.29 is 41.2 Å². The van der Waals surface area contributed by atoms with Crippen LogP contribution in [-0.2, 0) is 10.0 Å². The Morgan fingerprint density at radius 3 is 2.50 bits per heavy atom. The van der Waals surface area contributed by atoms with Gasteiger partial charge in [-0.2, -0.15) is 0 Å². The number of amides is 1. The molecule has 0 spiro atoms. The van der Waals surface area contributed by atoms with E-state index in [-0.39, 0.29) is 33.9 Å². The molecular formula is C51H54F3N7O7S2. The van der Waals surface area contributed by atoms with Crippen LogP contribution in [0.25, 0.3) is 27.7 Å².